The Morgan fingerprint density at radius 1 is 1.07 bits per heavy atom. The number of hydrogen-bond acceptors (Lipinski definition) is 5. The van der Waals surface area contributed by atoms with Gasteiger partial charge in [-0.05, 0) is 36.4 Å². The first kappa shape index (κ1) is 18.6. The highest BCUT2D eigenvalue weighted by molar-refractivity contribution is 5.99. The summed E-state index contributed by atoms with van der Waals surface area (Å²) in [5, 5.41) is 7.91. The maximum atomic E-state index is 12.7. The van der Waals surface area contributed by atoms with Gasteiger partial charge >= 0.3 is 0 Å². The van der Waals surface area contributed by atoms with E-state index in [2.05, 4.69) is 10.5 Å². The standard InChI is InChI=1S/C22H21N3O4/c1-25-20-8-7-17(28-3)10-15(20)11-21(25)22(26)23-13-18-12-19(24-29-18)14-5-4-6-16(9-14)27-2/h4-12H,13H2,1-3H3,(H,23,26). The quantitative estimate of drug-likeness (QED) is 0.541. The van der Waals surface area contributed by atoms with E-state index >= 15 is 0 Å². The third kappa shape index (κ3) is 3.67. The second-order valence-corrected chi connectivity index (χ2v) is 6.61. The molecule has 1 N–H and O–H groups in total. The Bertz CT molecular complexity index is 1180. The summed E-state index contributed by atoms with van der Waals surface area (Å²) in [7, 11) is 5.10. The maximum Gasteiger partial charge on any atom is 0.268 e. The van der Waals surface area contributed by atoms with Crippen molar-refractivity contribution in [2.45, 2.75) is 6.54 Å². The molecule has 7 heteroatoms. The van der Waals surface area contributed by atoms with Crippen molar-refractivity contribution in [3.63, 3.8) is 0 Å². The van der Waals surface area contributed by atoms with Crippen LogP contribution in [0, 0.1) is 0 Å². The second-order valence-electron chi connectivity index (χ2n) is 6.61. The van der Waals surface area contributed by atoms with Crippen LogP contribution in [0.3, 0.4) is 0 Å². The minimum atomic E-state index is -0.193. The van der Waals surface area contributed by atoms with Gasteiger partial charge in [0.05, 0.1) is 20.8 Å². The van der Waals surface area contributed by atoms with Crippen LogP contribution in [0.1, 0.15) is 16.2 Å². The highest BCUT2D eigenvalue weighted by atomic mass is 16.5. The van der Waals surface area contributed by atoms with Gasteiger partial charge < -0.3 is 23.9 Å². The molecule has 0 aliphatic heterocycles. The summed E-state index contributed by atoms with van der Waals surface area (Å²) in [6.07, 6.45) is 0. The van der Waals surface area contributed by atoms with Crippen molar-refractivity contribution in [3.05, 3.63) is 66.1 Å². The third-order valence-corrected chi connectivity index (χ3v) is 4.83. The predicted octanol–water partition coefficient (Wildman–Crippen LogP) is 3.78. The number of hydrogen-bond donors (Lipinski definition) is 1. The van der Waals surface area contributed by atoms with Crippen molar-refractivity contribution in [2.24, 2.45) is 7.05 Å². The zero-order chi connectivity index (χ0) is 20.4. The molecule has 4 rings (SSSR count). The van der Waals surface area contributed by atoms with E-state index in [0.717, 1.165) is 28.0 Å². The number of ether oxygens (including phenoxy) is 2. The van der Waals surface area contributed by atoms with Gasteiger partial charge in [-0.25, -0.2) is 0 Å². The number of benzene rings is 2. The molecule has 0 unspecified atom stereocenters. The van der Waals surface area contributed by atoms with Crippen LogP contribution in [0.15, 0.2) is 59.1 Å². The molecule has 0 fully saturated rings. The van der Waals surface area contributed by atoms with E-state index in [4.69, 9.17) is 14.0 Å². The first-order valence-corrected chi connectivity index (χ1v) is 9.10. The number of carbonyl (C=O) groups is 1. The van der Waals surface area contributed by atoms with Gasteiger partial charge in [0.2, 0.25) is 0 Å². The van der Waals surface area contributed by atoms with Crippen LogP contribution in [-0.2, 0) is 13.6 Å². The fourth-order valence-corrected chi connectivity index (χ4v) is 3.25. The van der Waals surface area contributed by atoms with Gasteiger partial charge in [0.15, 0.2) is 5.76 Å². The fraction of sp³-hybridized carbons (Fsp3) is 0.182. The lowest BCUT2D eigenvalue weighted by Gasteiger charge is -2.05. The molecule has 2 heterocycles. The molecule has 0 aliphatic rings. The van der Waals surface area contributed by atoms with E-state index in [0.29, 0.717) is 17.1 Å². The smallest absolute Gasteiger partial charge is 0.268 e. The normalized spacial score (nSPS) is 10.9. The zero-order valence-corrected chi connectivity index (χ0v) is 16.4. The van der Waals surface area contributed by atoms with Crippen molar-refractivity contribution in [1.82, 2.24) is 15.0 Å². The van der Waals surface area contributed by atoms with Gasteiger partial charge in [-0.15, -0.1) is 0 Å². The largest absolute Gasteiger partial charge is 0.497 e. The lowest BCUT2D eigenvalue weighted by Crippen LogP contribution is -2.24. The van der Waals surface area contributed by atoms with Gasteiger partial charge in [0.25, 0.3) is 5.91 Å². The van der Waals surface area contributed by atoms with Crippen molar-refractivity contribution < 1.29 is 18.8 Å². The first-order valence-electron chi connectivity index (χ1n) is 9.10. The van der Waals surface area contributed by atoms with E-state index in [1.165, 1.54) is 0 Å². The third-order valence-electron chi connectivity index (χ3n) is 4.83. The summed E-state index contributed by atoms with van der Waals surface area (Å²) < 4.78 is 17.7. The molecule has 0 aliphatic carbocycles. The van der Waals surface area contributed by atoms with Gasteiger partial charge in [0, 0.05) is 29.6 Å². The van der Waals surface area contributed by atoms with E-state index < -0.39 is 0 Å². The number of methoxy groups -OCH3 is 2. The zero-order valence-electron chi connectivity index (χ0n) is 16.4. The lowest BCUT2D eigenvalue weighted by atomic mass is 10.1. The maximum absolute atomic E-state index is 12.7. The highest BCUT2D eigenvalue weighted by Crippen LogP contribution is 2.25. The topological polar surface area (TPSA) is 78.5 Å². The average molecular weight is 391 g/mol. The summed E-state index contributed by atoms with van der Waals surface area (Å²) in [5.41, 5.74) is 3.08. The molecule has 7 nitrogen and oxygen atoms in total. The van der Waals surface area contributed by atoms with Crippen molar-refractivity contribution >= 4 is 16.8 Å². The Morgan fingerprint density at radius 3 is 2.66 bits per heavy atom. The van der Waals surface area contributed by atoms with Crippen LogP contribution < -0.4 is 14.8 Å². The molecule has 29 heavy (non-hydrogen) atoms. The molecule has 2 aromatic carbocycles. The minimum absolute atomic E-state index is 0.193. The minimum Gasteiger partial charge on any atom is -0.497 e. The Balaban J connectivity index is 1.48. The summed E-state index contributed by atoms with van der Waals surface area (Å²) in [6, 6.07) is 16.9. The molecule has 0 spiro atoms. The van der Waals surface area contributed by atoms with Crippen molar-refractivity contribution in [2.75, 3.05) is 14.2 Å². The Hall–Kier alpha value is -3.74. The lowest BCUT2D eigenvalue weighted by molar-refractivity contribution is 0.0939. The SMILES string of the molecule is COc1cccc(-c2cc(CNC(=O)c3cc4cc(OC)ccc4n3C)on2)c1. The van der Waals surface area contributed by atoms with E-state index in [-0.39, 0.29) is 12.5 Å². The Labute approximate surface area is 167 Å². The van der Waals surface area contributed by atoms with Gasteiger partial charge in [-0.2, -0.15) is 0 Å². The number of nitrogens with one attached hydrogen (secondary N) is 1. The summed E-state index contributed by atoms with van der Waals surface area (Å²) in [6.45, 7) is 0.237. The monoisotopic (exact) mass is 391 g/mol. The average Bonchev–Trinajstić information content (AvgIpc) is 3.36. The molecule has 1 amide bonds. The molecule has 0 saturated heterocycles. The Kier molecular flexibility index (Phi) is 4.95. The first-order chi connectivity index (χ1) is 14.1. The number of nitrogens with zero attached hydrogens (tertiary/aromatic N) is 2. The molecule has 0 bridgehead atoms. The predicted molar refractivity (Wildman–Crippen MR) is 109 cm³/mol. The fourth-order valence-electron chi connectivity index (χ4n) is 3.25. The molecule has 148 valence electrons. The molecule has 4 aromatic rings. The van der Waals surface area contributed by atoms with Crippen molar-refractivity contribution in [3.8, 4) is 22.8 Å². The van der Waals surface area contributed by atoms with Crippen LogP contribution in [0.2, 0.25) is 0 Å². The molecule has 0 saturated carbocycles. The van der Waals surface area contributed by atoms with Crippen LogP contribution in [0.5, 0.6) is 11.5 Å². The van der Waals surface area contributed by atoms with Crippen LogP contribution in [-0.4, -0.2) is 29.9 Å². The van der Waals surface area contributed by atoms with Gasteiger partial charge in [-0.3, -0.25) is 4.79 Å². The van der Waals surface area contributed by atoms with Crippen molar-refractivity contribution in [1.29, 1.82) is 0 Å². The van der Waals surface area contributed by atoms with Crippen LogP contribution in [0.4, 0.5) is 0 Å². The molecular weight excluding hydrogens is 370 g/mol. The summed E-state index contributed by atoms with van der Waals surface area (Å²) >= 11 is 0. The van der Waals surface area contributed by atoms with Crippen LogP contribution >= 0.6 is 0 Å². The van der Waals surface area contributed by atoms with E-state index in [1.54, 1.807) is 20.3 Å². The van der Waals surface area contributed by atoms with Crippen LogP contribution in [0.25, 0.3) is 22.2 Å². The summed E-state index contributed by atoms with van der Waals surface area (Å²) in [4.78, 5) is 12.7. The number of amides is 1. The number of aryl methyl sites for hydroxylation is 1. The number of aromatic nitrogens is 2. The Morgan fingerprint density at radius 2 is 1.86 bits per heavy atom. The second kappa shape index (κ2) is 7.71. The number of fused-ring (bicyclic) bond motifs is 1. The van der Waals surface area contributed by atoms with Gasteiger partial charge in [0.1, 0.15) is 22.9 Å². The van der Waals surface area contributed by atoms with E-state index in [1.807, 2.05) is 60.1 Å². The summed E-state index contributed by atoms with van der Waals surface area (Å²) in [5.74, 6) is 1.87. The number of carbonyl (C=O) groups excluding carboxylic acids is 1. The molecule has 0 atom stereocenters. The highest BCUT2D eigenvalue weighted by Gasteiger charge is 2.15. The number of rotatable bonds is 6. The molecule has 0 radical (unpaired) electrons. The molecule has 2 aromatic heterocycles. The van der Waals surface area contributed by atoms with E-state index in [9.17, 15) is 4.79 Å². The molecular formula is C22H21N3O4. The van der Waals surface area contributed by atoms with Gasteiger partial charge in [-0.1, -0.05) is 17.3 Å².